The predicted molar refractivity (Wildman–Crippen MR) is 61.0 cm³/mol. The first-order valence-corrected chi connectivity index (χ1v) is 5.78. The highest BCUT2D eigenvalue weighted by Gasteiger charge is 2.30. The molecule has 0 radical (unpaired) electrons. The summed E-state index contributed by atoms with van der Waals surface area (Å²) in [4.78, 5) is 23.6. The van der Waals surface area contributed by atoms with Gasteiger partial charge in [0.05, 0.1) is 6.04 Å². The molecular formula is C12H21NO3. The van der Waals surface area contributed by atoms with E-state index in [1.807, 2.05) is 20.8 Å². The number of hydrogen-bond donors (Lipinski definition) is 1. The van der Waals surface area contributed by atoms with Crippen molar-refractivity contribution in [3.63, 3.8) is 0 Å². The minimum absolute atomic E-state index is 0.0406. The molecule has 1 saturated heterocycles. The average Bonchev–Trinajstić information content (AvgIpc) is 2.67. The van der Waals surface area contributed by atoms with Crippen LogP contribution in [0.1, 0.15) is 40.5 Å². The summed E-state index contributed by atoms with van der Waals surface area (Å²) in [6, 6.07) is -0.448. The Morgan fingerprint density at radius 1 is 1.38 bits per heavy atom. The van der Waals surface area contributed by atoms with Crippen LogP contribution in [0.5, 0.6) is 0 Å². The maximum atomic E-state index is 11.9. The van der Waals surface area contributed by atoms with Gasteiger partial charge in [-0.25, -0.2) is 0 Å². The van der Waals surface area contributed by atoms with Gasteiger partial charge in [-0.15, -0.1) is 0 Å². The topological polar surface area (TPSA) is 55.4 Å². The molecule has 0 bridgehead atoms. The maximum Gasteiger partial charge on any atom is 0.249 e. The van der Waals surface area contributed by atoms with E-state index in [0.717, 1.165) is 12.8 Å². The van der Waals surface area contributed by atoms with Crippen molar-refractivity contribution in [3.05, 3.63) is 0 Å². The van der Waals surface area contributed by atoms with Crippen LogP contribution >= 0.6 is 0 Å². The van der Waals surface area contributed by atoms with Crippen molar-refractivity contribution in [2.75, 3.05) is 6.61 Å². The minimum Gasteiger partial charge on any atom is -0.368 e. The summed E-state index contributed by atoms with van der Waals surface area (Å²) < 4.78 is 5.26. The third-order valence-electron chi connectivity index (χ3n) is 2.71. The predicted octanol–water partition coefficient (Wildman–Crippen LogP) is 1.29. The van der Waals surface area contributed by atoms with E-state index in [1.54, 1.807) is 6.92 Å². The number of Topliss-reactive ketones (excluding diaryl/α,β-unsaturated/α-hetero) is 1. The van der Waals surface area contributed by atoms with Crippen molar-refractivity contribution >= 4 is 11.7 Å². The summed E-state index contributed by atoms with van der Waals surface area (Å²) in [5, 5.41) is 2.71. The molecule has 0 aliphatic carbocycles. The maximum absolute atomic E-state index is 11.9. The van der Waals surface area contributed by atoms with Gasteiger partial charge in [-0.05, 0) is 19.8 Å². The van der Waals surface area contributed by atoms with Crippen LogP contribution in [0, 0.1) is 5.41 Å². The van der Waals surface area contributed by atoms with Crippen molar-refractivity contribution in [1.29, 1.82) is 0 Å². The zero-order chi connectivity index (χ0) is 12.3. The van der Waals surface area contributed by atoms with Crippen LogP contribution < -0.4 is 5.32 Å². The van der Waals surface area contributed by atoms with Gasteiger partial charge in [0.2, 0.25) is 5.91 Å². The lowest BCUT2D eigenvalue weighted by Crippen LogP contribution is -2.47. The summed E-state index contributed by atoms with van der Waals surface area (Å²) in [5.74, 6) is -0.124. The molecule has 0 aromatic carbocycles. The fourth-order valence-corrected chi connectivity index (χ4v) is 1.81. The SMILES string of the molecule is C[C@H](NC(=O)[C@@H]1CCCO1)C(=O)C(C)(C)C. The van der Waals surface area contributed by atoms with Gasteiger partial charge in [-0.3, -0.25) is 9.59 Å². The summed E-state index contributed by atoms with van der Waals surface area (Å²) >= 11 is 0. The first kappa shape index (κ1) is 13.2. The van der Waals surface area contributed by atoms with Gasteiger partial charge in [0.15, 0.2) is 5.78 Å². The minimum atomic E-state index is -0.448. The van der Waals surface area contributed by atoms with E-state index in [-0.39, 0.29) is 17.8 Å². The second kappa shape index (κ2) is 4.95. The first-order chi connectivity index (χ1) is 7.32. The van der Waals surface area contributed by atoms with Crippen molar-refractivity contribution < 1.29 is 14.3 Å². The Labute approximate surface area is 96.7 Å². The third-order valence-corrected chi connectivity index (χ3v) is 2.71. The Bertz CT molecular complexity index is 274. The number of carbonyl (C=O) groups excluding carboxylic acids is 2. The number of amides is 1. The van der Waals surface area contributed by atoms with E-state index in [2.05, 4.69) is 5.32 Å². The fourth-order valence-electron chi connectivity index (χ4n) is 1.81. The number of carbonyl (C=O) groups is 2. The van der Waals surface area contributed by atoms with Gasteiger partial charge in [0, 0.05) is 12.0 Å². The van der Waals surface area contributed by atoms with Crippen LogP contribution in [-0.4, -0.2) is 30.4 Å². The molecule has 1 rings (SSSR count). The normalized spacial score (nSPS) is 22.9. The first-order valence-electron chi connectivity index (χ1n) is 5.78. The highest BCUT2D eigenvalue weighted by molar-refractivity contribution is 5.93. The molecule has 1 aliphatic rings. The Kier molecular flexibility index (Phi) is 4.08. The molecule has 0 aromatic rings. The lowest BCUT2D eigenvalue weighted by atomic mass is 9.87. The van der Waals surface area contributed by atoms with E-state index in [4.69, 9.17) is 4.74 Å². The summed E-state index contributed by atoms with van der Waals surface area (Å²) in [7, 11) is 0. The second-order valence-electron chi connectivity index (χ2n) is 5.35. The largest absolute Gasteiger partial charge is 0.368 e. The molecule has 1 fully saturated rings. The van der Waals surface area contributed by atoms with E-state index < -0.39 is 11.5 Å². The molecule has 1 N–H and O–H groups in total. The van der Waals surface area contributed by atoms with Crippen molar-refractivity contribution in [3.8, 4) is 0 Å². The van der Waals surface area contributed by atoms with Crippen LogP contribution in [0.4, 0.5) is 0 Å². The number of rotatable bonds is 3. The summed E-state index contributed by atoms with van der Waals surface area (Å²) in [5.41, 5.74) is -0.427. The number of ketones is 1. The van der Waals surface area contributed by atoms with Gasteiger partial charge in [-0.2, -0.15) is 0 Å². The van der Waals surface area contributed by atoms with Crippen molar-refractivity contribution in [1.82, 2.24) is 5.32 Å². The Hall–Kier alpha value is -0.900. The van der Waals surface area contributed by atoms with Gasteiger partial charge >= 0.3 is 0 Å². The molecular weight excluding hydrogens is 206 g/mol. The molecule has 92 valence electrons. The average molecular weight is 227 g/mol. The molecule has 0 spiro atoms. The molecule has 1 heterocycles. The Balaban J connectivity index is 2.47. The zero-order valence-electron chi connectivity index (χ0n) is 10.5. The Morgan fingerprint density at radius 2 is 2.00 bits per heavy atom. The van der Waals surface area contributed by atoms with Crippen LogP contribution in [0.2, 0.25) is 0 Å². The lowest BCUT2D eigenvalue weighted by Gasteiger charge is -2.23. The molecule has 16 heavy (non-hydrogen) atoms. The van der Waals surface area contributed by atoms with E-state index in [0.29, 0.717) is 6.61 Å². The van der Waals surface area contributed by atoms with E-state index in [9.17, 15) is 9.59 Å². The summed E-state index contributed by atoms with van der Waals surface area (Å²) in [6.07, 6.45) is 1.30. The highest BCUT2D eigenvalue weighted by Crippen LogP contribution is 2.17. The van der Waals surface area contributed by atoms with E-state index >= 15 is 0 Å². The van der Waals surface area contributed by atoms with Crippen LogP contribution in [0.15, 0.2) is 0 Å². The van der Waals surface area contributed by atoms with Crippen LogP contribution in [0.25, 0.3) is 0 Å². The molecule has 4 heteroatoms. The van der Waals surface area contributed by atoms with Gasteiger partial charge in [0.25, 0.3) is 0 Å². The van der Waals surface area contributed by atoms with Crippen LogP contribution in [0.3, 0.4) is 0 Å². The number of hydrogen-bond acceptors (Lipinski definition) is 3. The van der Waals surface area contributed by atoms with Crippen molar-refractivity contribution in [2.45, 2.75) is 52.7 Å². The molecule has 0 unspecified atom stereocenters. The molecule has 0 saturated carbocycles. The monoisotopic (exact) mass is 227 g/mol. The van der Waals surface area contributed by atoms with Gasteiger partial charge < -0.3 is 10.1 Å². The fraction of sp³-hybridized carbons (Fsp3) is 0.833. The quantitative estimate of drug-likeness (QED) is 0.790. The van der Waals surface area contributed by atoms with Gasteiger partial charge in [-0.1, -0.05) is 20.8 Å². The Morgan fingerprint density at radius 3 is 2.44 bits per heavy atom. The number of nitrogens with one attached hydrogen (secondary N) is 1. The smallest absolute Gasteiger partial charge is 0.249 e. The molecule has 2 atom stereocenters. The van der Waals surface area contributed by atoms with E-state index in [1.165, 1.54) is 0 Å². The standard InChI is InChI=1S/C12H21NO3/c1-8(10(14)12(2,3)4)13-11(15)9-6-5-7-16-9/h8-9H,5-7H2,1-4H3,(H,13,15)/t8-,9-/m0/s1. The molecule has 1 aliphatic heterocycles. The molecule has 0 aromatic heterocycles. The third kappa shape index (κ3) is 3.30. The zero-order valence-corrected chi connectivity index (χ0v) is 10.5. The van der Waals surface area contributed by atoms with Gasteiger partial charge in [0.1, 0.15) is 6.10 Å². The highest BCUT2D eigenvalue weighted by atomic mass is 16.5. The number of ether oxygens (including phenoxy) is 1. The second-order valence-corrected chi connectivity index (χ2v) is 5.35. The lowest BCUT2D eigenvalue weighted by molar-refractivity contribution is -0.136. The summed E-state index contributed by atoms with van der Waals surface area (Å²) in [6.45, 7) is 7.91. The molecule has 4 nitrogen and oxygen atoms in total. The van der Waals surface area contributed by atoms with Crippen molar-refractivity contribution in [2.24, 2.45) is 5.41 Å². The molecule has 1 amide bonds. The van der Waals surface area contributed by atoms with Crippen LogP contribution in [-0.2, 0) is 14.3 Å².